The summed E-state index contributed by atoms with van der Waals surface area (Å²) < 4.78 is 0. The summed E-state index contributed by atoms with van der Waals surface area (Å²) in [6, 6.07) is 7.03. The summed E-state index contributed by atoms with van der Waals surface area (Å²) in [5, 5.41) is 3.24. The molecule has 1 aliphatic rings. The van der Waals surface area contributed by atoms with E-state index in [-0.39, 0.29) is 5.91 Å². The molecule has 122 valence electrons. The first-order chi connectivity index (χ1) is 10.6. The molecule has 0 unspecified atom stereocenters. The van der Waals surface area contributed by atoms with Gasteiger partial charge in [-0.05, 0) is 32.3 Å². The van der Waals surface area contributed by atoms with Crippen molar-refractivity contribution in [3.63, 3.8) is 0 Å². The summed E-state index contributed by atoms with van der Waals surface area (Å²) in [4.78, 5) is 12.1. The number of carbonyl (C=O) groups excluding carboxylic acids is 1. The van der Waals surface area contributed by atoms with Gasteiger partial charge in [-0.3, -0.25) is 4.79 Å². The highest BCUT2D eigenvalue weighted by Crippen LogP contribution is 2.18. The second kappa shape index (κ2) is 9.24. The molecule has 0 saturated heterocycles. The van der Waals surface area contributed by atoms with Crippen molar-refractivity contribution in [1.29, 1.82) is 0 Å². The van der Waals surface area contributed by atoms with Gasteiger partial charge >= 0.3 is 0 Å². The van der Waals surface area contributed by atoms with Crippen LogP contribution in [0.4, 0.5) is 0 Å². The largest absolute Gasteiger partial charge is 0.353 e. The molecule has 1 fully saturated rings. The van der Waals surface area contributed by atoms with E-state index < -0.39 is 0 Å². The van der Waals surface area contributed by atoms with Crippen LogP contribution in [0.3, 0.4) is 0 Å². The third kappa shape index (κ3) is 6.43. The molecule has 1 saturated carbocycles. The van der Waals surface area contributed by atoms with Gasteiger partial charge in [-0.2, -0.15) is 0 Å². The molecule has 0 atom stereocenters. The summed E-state index contributed by atoms with van der Waals surface area (Å²) in [5.41, 5.74) is 3.92. The van der Waals surface area contributed by atoms with Crippen LogP contribution in [0.5, 0.6) is 0 Å². The van der Waals surface area contributed by atoms with Crippen molar-refractivity contribution >= 4 is 17.7 Å². The minimum absolute atomic E-state index is 0.208. The molecule has 2 rings (SSSR count). The molecule has 1 N–H and O–H groups in total. The Balaban J connectivity index is 1.70. The van der Waals surface area contributed by atoms with E-state index in [9.17, 15) is 4.79 Å². The molecule has 1 aliphatic carbocycles. The lowest BCUT2D eigenvalue weighted by atomic mass is 9.97. The van der Waals surface area contributed by atoms with Gasteiger partial charge in [0.15, 0.2) is 0 Å². The molecule has 2 nitrogen and oxygen atoms in total. The Labute approximate surface area is 139 Å². The summed E-state index contributed by atoms with van der Waals surface area (Å²) in [5.74, 6) is 1.70. The molecule has 0 aromatic heterocycles. The number of benzene rings is 1. The second-order valence-electron chi connectivity index (χ2n) is 6.60. The summed E-state index contributed by atoms with van der Waals surface area (Å²) in [6.45, 7) is 4.25. The summed E-state index contributed by atoms with van der Waals surface area (Å²) in [7, 11) is 0. The van der Waals surface area contributed by atoms with E-state index in [4.69, 9.17) is 0 Å². The van der Waals surface area contributed by atoms with Gasteiger partial charge in [0.25, 0.3) is 0 Å². The maximum absolute atomic E-state index is 12.1. The first kappa shape index (κ1) is 17.4. The molecule has 1 amide bonds. The van der Waals surface area contributed by atoms with Crippen molar-refractivity contribution in [3.8, 4) is 0 Å². The number of hydrogen-bond acceptors (Lipinski definition) is 2. The minimum Gasteiger partial charge on any atom is -0.353 e. The molecular formula is C19H29NOS. The zero-order valence-corrected chi connectivity index (χ0v) is 14.8. The Morgan fingerprint density at radius 3 is 2.27 bits per heavy atom. The van der Waals surface area contributed by atoms with E-state index in [0.717, 1.165) is 18.6 Å². The second-order valence-corrected chi connectivity index (χ2v) is 7.58. The van der Waals surface area contributed by atoms with Crippen LogP contribution >= 0.6 is 11.8 Å². The predicted octanol–water partition coefficient (Wildman–Crippen LogP) is 4.77. The van der Waals surface area contributed by atoms with Gasteiger partial charge in [0.05, 0.1) is 5.75 Å². The highest BCUT2D eigenvalue weighted by atomic mass is 32.2. The highest BCUT2D eigenvalue weighted by Gasteiger charge is 2.13. The first-order valence-electron chi connectivity index (χ1n) is 8.58. The summed E-state index contributed by atoms with van der Waals surface area (Å²) >= 11 is 1.72. The van der Waals surface area contributed by atoms with Crippen LogP contribution in [-0.4, -0.2) is 17.7 Å². The molecule has 0 bridgehead atoms. The normalized spacial score (nSPS) is 16.8. The number of aryl methyl sites for hydroxylation is 2. The number of carbonyl (C=O) groups is 1. The quantitative estimate of drug-likeness (QED) is 0.847. The smallest absolute Gasteiger partial charge is 0.230 e. The van der Waals surface area contributed by atoms with E-state index in [0.29, 0.717) is 11.8 Å². The van der Waals surface area contributed by atoms with Crippen molar-refractivity contribution in [2.45, 2.75) is 70.6 Å². The molecule has 1 aromatic rings. The Morgan fingerprint density at radius 1 is 1.05 bits per heavy atom. The third-order valence-electron chi connectivity index (χ3n) is 4.25. The molecule has 0 heterocycles. The Hall–Kier alpha value is -0.960. The highest BCUT2D eigenvalue weighted by molar-refractivity contribution is 7.99. The standard InChI is InChI=1S/C19H29NOS/c1-15-10-16(2)12-17(11-15)13-22-14-19(21)20-18-8-6-4-3-5-7-9-18/h10-12,18H,3-9,13-14H2,1-2H3,(H,20,21). The Morgan fingerprint density at radius 2 is 1.64 bits per heavy atom. The van der Waals surface area contributed by atoms with Crippen LogP contribution in [0.2, 0.25) is 0 Å². The lowest BCUT2D eigenvalue weighted by molar-refractivity contribution is -0.119. The van der Waals surface area contributed by atoms with Crippen molar-refractivity contribution in [1.82, 2.24) is 5.32 Å². The predicted molar refractivity (Wildman–Crippen MR) is 96.3 cm³/mol. The Kier molecular flexibility index (Phi) is 7.31. The monoisotopic (exact) mass is 319 g/mol. The fourth-order valence-corrected chi connectivity index (χ4v) is 4.06. The van der Waals surface area contributed by atoms with Gasteiger partial charge in [0.1, 0.15) is 0 Å². The molecule has 22 heavy (non-hydrogen) atoms. The van der Waals surface area contributed by atoms with Crippen molar-refractivity contribution in [3.05, 3.63) is 34.9 Å². The van der Waals surface area contributed by atoms with Gasteiger partial charge in [-0.1, -0.05) is 61.4 Å². The van der Waals surface area contributed by atoms with Crippen molar-refractivity contribution in [2.24, 2.45) is 0 Å². The van der Waals surface area contributed by atoms with Crippen LogP contribution in [-0.2, 0) is 10.5 Å². The maximum Gasteiger partial charge on any atom is 0.230 e. The SMILES string of the molecule is Cc1cc(C)cc(CSCC(=O)NC2CCCCCCC2)c1. The number of rotatable bonds is 5. The maximum atomic E-state index is 12.1. The lowest BCUT2D eigenvalue weighted by Crippen LogP contribution is -2.36. The van der Waals surface area contributed by atoms with E-state index in [2.05, 4.69) is 37.4 Å². The van der Waals surface area contributed by atoms with E-state index in [1.807, 2.05) is 0 Å². The zero-order valence-electron chi connectivity index (χ0n) is 14.0. The topological polar surface area (TPSA) is 29.1 Å². The fraction of sp³-hybridized carbons (Fsp3) is 0.632. The van der Waals surface area contributed by atoms with Gasteiger partial charge < -0.3 is 5.32 Å². The number of amides is 1. The number of thioether (sulfide) groups is 1. The Bertz CT molecular complexity index is 458. The molecule has 0 aliphatic heterocycles. The first-order valence-corrected chi connectivity index (χ1v) is 9.73. The van der Waals surface area contributed by atoms with Crippen molar-refractivity contribution < 1.29 is 4.79 Å². The molecule has 1 aromatic carbocycles. The molecule has 0 spiro atoms. The fourth-order valence-electron chi connectivity index (χ4n) is 3.28. The van der Waals surface area contributed by atoms with Gasteiger partial charge in [0, 0.05) is 11.8 Å². The van der Waals surface area contributed by atoms with Crippen LogP contribution < -0.4 is 5.32 Å². The zero-order chi connectivity index (χ0) is 15.8. The van der Waals surface area contributed by atoms with Crippen LogP contribution in [0.15, 0.2) is 18.2 Å². The minimum atomic E-state index is 0.208. The third-order valence-corrected chi connectivity index (χ3v) is 5.26. The number of hydrogen-bond donors (Lipinski definition) is 1. The van der Waals surface area contributed by atoms with Gasteiger partial charge in [-0.15, -0.1) is 11.8 Å². The van der Waals surface area contributed by atoms with Crippen LogP contribution in [0.1, 0.15) is 61.6 Å². The van der Waals surface area contributed by atoms with E-state index in [1.54, 1.807) is 11.8 Å². The average Bonchev–Trinajstić information content (AvgIpc) is 2.40. The van der Waals surface area contributed by atoms with Crippen molar-refractivity contribution in [2.75, 3.05) is 5.75 Å². The van der Waals surface area contributed by atoms with E-state index >= 15 is 0 Å². The lowest BCUT2D eigenvalue weighted by Gasteiger charge is -2.21. The van der Waals surface area contributed by atoms with Crippen LogP contribution in [0, 0.1) is 13.8 Å². The van der Waals surface area contributed by atoms with E-state index in [1.165, 1.54) is 48.8 Å². The molecule has 3 heteroatoms. The average molecular weight is 320 g/mol. The molecular weight excluding hydrogens is 290 g/mol. The number of nitrogens with one attached hydrogen (secondary N) is 1. The van der Waals surface area contributed by atoms with Gasteiger partial charge in [0.2, 0.25) is 5.91 Å². The van der Waals surface area contributed by atoms with Crippen LogP contribution in [0.25, 0.3) is 0 Å². The van der Waals surface area contributed by atoms with Gasteiger partial charge in [-0.25, -0.2) is 0 Å². The summed E-state index contributed by atoms with van der Waals surface area (Å²) in [6.07, 6.45) is 8.87. The molecule has 0 radical (unpaired) electrons.